The minimum atomic E-state index is -0.849. The van der Waals surface area contributed by atoms with Crippen molar-refractivity contribution in [3.8, 4) is 0 Å². The number of halogens is 1. The Morgan fingerprint density at radius 3 is 1.90 bits per heavy atom. The van der Waals surface area contributed by atoms with E-state index < -0.39 is 20.0 Å². The number of hydrogen-bond acceptors (Lipinski definition) is 0. The van der Waals surface area contributed by atoms with Crippen molar-refractivity contribution in [1.29, 1.82) is 0 Å². The van der Waals surface area contributed by atoms with E-state index in [1.807, 2.05) is 0 Å². The summed E-state index contributed by atoms with van der Waals surface area (Å²) >= 11 is -0.849. The van der Waals surface area contributed by atoms with E-state index in [0.717, 1.165) is 0 Å². The van der Waals surface area contributed by atoms with Crippen molar-refractivity contribution in [2.45, 2.75) is 78.6 Å². The molecule has 2 heteroatoms. The van der Waals surface area contributed by atoms with Gasteiger partial charge in [0.05, 0.1) is 0 Å². The van der Waals surface area contributed by atoms with E-state index in [0.29, 0.717) is 0 Å². The summed E-state index contributed by atoms with van der Waals surface area (Å²) in [6.07, 6.45) is 11.5. The predicted octanol–water partition coefficient (Wildman–Crippen LogP) is 5.20. The van der Waals surface area contributed by atoms with Crippen LogP contribution in [0.2, 0.25) is 0 Å². The summed E-state index contributed by atoms with van der Waals surface area (Å²) in [7, 11) is 6.34. The molecule has 112 valence electrons. The molecule has 1 rings (SSSR count). The summed E-state index contributed by atoms with van der Waals surface area (Å²) in [5.41, 5.74) is 4.93. The van der Waals surface area contributed by atoms with Gasteiger partial charge >= 0.3 is 140 Å². The molecule has 0 aliphatic heterocycles. The molecule has 0 unspecified atom stereocenters. The Morgan fingerprint density at radius 1 is 0.800 bits per heavy atom. The second-order valence-corrected chi connectivity index (χ2v) is 8.98. The number of aryl methyl sites for hydroxylation is 1. The van der Waals surface area contributed by atoms with Gasteiger partial charge in [-0.2, -0.15) is 0 Å². The van der Waals surface area contributed by atoms with Gasteiger partial charge in [-0.05, 0) is 0 Å². The molecule has 0 saturated carbocycles. The van der Waals surface area contributed by atoms with Gasteiger partial charge in [-0.15, -0.1) is 0 Å². The van der Waals surface area contributed by atoms with Crippen molar-refractivity contribution >= 4 is 32.5 Å². The first-order chi connectivity index (χ1) is 9.78. The van der Waals surface area contributed by atoms with Crippen molar-refractivity contribution < 1.29 is 0 Å². The molecule has 0 heterocycles. The van der Waals surface area contributed by atoms with Crippen molar-refractivity contribution in [2.24, 2.45) is 0 Å². The summed E-state index contributed by atoms with van der Waals surface area (Å²) in [5, 5.41) is 0. The summed E-state index contributed by atoms with van der Waals surface area (Å²) in [4.78, 5) is 0. The van der Waals surface area contributed by atoms with Gasteiger partial charge in [0.25, 0.3) is 0 Å². The molecule has 0 spiro atoms. The SMILES string of the molecule is CCCCc1cc[c]([Sn][Cl])c(CCCC)c1CCCC. The summed E-state index contributed by atoms with van der Waals surface area (Å²) in [6.45, 7) is 6.86. The summed E-state index contributed by atoms with van der Waals surface area (Å²) < 4.78 is 1.54. The Balaban J connectivity index is 3.09. The van der Waals surface area contributed by atoms with Crippen molar-refractivity contribution in [2.75, 3.05) is 0 Å². The number of unbranched alkanes of at least 4 members (excludes halogenated alkanes) is 3. The monoisotopic (exact) mass is 400 g/mol. The molecular weight excluding hydrogens is 370 g/mol. The molecule has 0 fully saturated rings. The van der Waals surface area contributed by atoms with Crippen molar-refractivity contribution in [1.82, 2.24) is 0 Å². The van der Waals surface area contributed by atoms with E-state index in [2.05, 4.69) is 32.9 Å². The van der Waals surface area contributed by atoms with E-state index in [4.69, 9.17) is 8.92 Å². The van der Waals surface area contributed by atoms with Crippen LogP contribution < -0.4 is 3.58 Å². The van der Waals surface area contributed by atoms with E-state index in [9.17, 15) is 0 Å². The molecule has 0 aromatic heterocycles. The van der Waals surface area contributed by atoms with Crippen LogP contribution in [0.4, 0.5) is 0 Å². The molecule has 0 amide bonds. The average molecular weight is 400 g/mol. The van der Waals surface area contributed by atoms with Crippen LogP contribution in [-0.4, -0.2) is 20.0 Å². The zero-order valence-corrected chi connectivity index (χ0v) is 17.0. The zero-order valence-electron chi connectivity index (χ0n) is 13.4. The second-order valence-electron chi connectivity index (χ2n) is 5.63. The first kappa shape index (κ1) is 18.4. The Morgan fingerprint density at radius 2 is 1.35 bits per heavy atom. The van der Waals surface area contributed by atoms with Crippen LogP contribution in [0.1, 0.15) is 76.0 Å². The van der Waals surface area contributed by atoms with Gasteiger partial charge in [0.1, 0.15) is 0 Å². The van der Waals surface area contributed by atoms with Gasteiger partial charge in [-0.25, -0.2) is 0 Å². The van der Waals surface area contributed by atoms with Gasteiger partial charge in [0.15, 0.2) is 0 Å². The number of rotatable bonds is 10. The van der Waals surface area contributed by atoms with Gasteiger partial charge < -0.3 is 0 Å². The maximum absolute atomic E-state index is 6.34. The van der Waals surface area contributed by atoms with Crippen LogP contribution in [0.3, 0.4) is 0 Å². The predicted molar refractivity (Wildman–Crippen MR) is 93.5 cm³/mol. The standard InChI is InChI=1S/C18H29.ClH.Sn/c1-4-7-11-16-13-10-14-17(12-8-5-2)18(16)15-9-6-3;;/h10,13H,4-9,11-12,15H2,1-3H3;1H;/q;;+1/p-1. The summed E-state index contributed by atoms with van der Waals surface area (Å²) in [5.74, 6) is 0. The molecule has 1 aromatic rings. The first-order valence-electron chi connectivity index (χ1n) is 8.28. The topological polar surface area (TPSA) is 0 Å². The molecule has 20 heavy (non-hydrogen) atoms. The van der Waals surface area contributed by atoms with Gasteiger partial charge in [0, 0.05) is 0 Å². The molecular formula is C18H29ClSn. The van der Waals surface area contributed by atoms with Crippen LogP contribution in [0.15, 0.2) is 12.1 Å². The third-order valence-electron chi connectivity index (χ3n) is 3.99. The van der Waals surface area contributed by atoms with Crippen LogP contribution in [0.25, 0.3) is 0 Å². The number of hydrogen-bond donors (Lipinski definition) is 0. The van der Waals surface area contributed by atoms with Crippen LogP contribution in [0.5, 0.6) is 0 Å². The average Bonchev–Trinajstić information content (AvgIpc) is 2.48. The maximum atomic E-state index is 6.34. The first-order valence-corrected chi connectivity index (χ1v) is 13.3. The Hall–Kier alpha value is 0.309. The van der Waals surface area contributed by atoms with Gasteiger partial charge in [0.2, 0.25) is 0 Å². The molecule has 0 saturated heterocycles. The van der Waals surface area contributed by atoms with Crippen molar-refractivity contribution in [3.63, 3.8) is 0 Å². The minimum absolute atomic E-state index is 0.849. The molecule has 1 aromatic carbocycles. The van der Waals surface area contributed by atoms with E-state index in [1.165, 1.54) is 61.4 Å². The zero-order chi connectivity index (χ0) is 14.8. The molecule has 0 atom stereocenters. The molecule has 0 aliphatic carbocycles. The van der Waals surface area contributed by atoms with E-state index >= 15 is 0 Å². The fourth-order valence-electron chi connectivity index (χ4n) is 2.74. The fraction of sp³-hybridized carbons (Fsp3) is 0.667. The second kappa shape index (κ2) is 11.0. The third-order valence-corrected chi connectivity index (χ3v) is 7.27. The third kappa shape index (κ3) is 5.60. The van der Waals surface area contributed by atoms with Crippen molar-refractivity contribution in [3.05, 3.63) is 28.8 Å². The van der Waals surface area contributed by atoms with Gasteiger partial charge in [-0.1, -0.05) is 0 Å². The van der Waals surface area contributed by atoms with E-state index in [-0.39, 0.29) is 0 Å². The molecule has 0 nitrogen and oxygen atoms in total. The molecule has 2 radical (unpaired) electrons. The fourth-order valence-corrected chi connectivity index (χ4v) is 5.45. The molecule has 0 aliphatic rings. The normalized spacial score (nSPS) is 11.0. The van der Waals surface area contributed by atoms with Crippen LogP contribution in [0, 0.1) is 0 Å². The Bertz CT molecular complexity index is 387. The van der Waals surface area contributed by atoms with Crippen LogP contribution >= 0.6 is 8.92 Å². The number of benzene rings is 1. The Kier molecular flexibility index (Phi) is 10.1. The summed E-state index contributed by atoms with van der Waals surface area (Å²) in [6, 6.07) is 4.74. The van der Waals surface area contributed by atoms with E-state index in [1.54, 1.807) is 16.7 Å². The quantitative estimate of drug-likeness (QED) is 0.475. The molecule has 0 N–H and O–H groups in total. The van der Waals surface area contributed by atoms with Gasteiger partial charge in [-0.3, -0.25) is 0 Å². The molecule has 0 bridgehead atoms. The Labute approximate surface area is 139 Å². The van der Waals surface area contributed by atoms with Crippen LogP contribution in [-0.2, 0) is 19.3 Å².